The number of carbonyl (C=O) groups is 1. The molecular formula is C22H27F2N5O3S. The first kappa shape index (κ1) is 24.7. The van der Waals surface area contributed by atoms with E-state index >= 15 is 0 Å². The van der Waals surface area contributed by atoms with Gasteiger partial charge in [-0.25, -0.2) is 13.3 Å². The fourth-order valence-corrected chi connectivity index (χ4v) is 4.28. The van der Waals surface area contributed by atoms with Crippen molar-refractivity contribution in [2.75, 3.05) is 53.3 Å². The third-order valence-electron chi connectivity index (χ3n) is 5.20. The van der Waals surface area contributed by atoms with E-state index in [0.29, 0.717) is 60.0 Å². The Morgan fingerprint density at radius 1 is 1.21 bits per heavy atom. The molecule has 1 aromatic carbocycles. The minimum absolute atomic E-state index is 0.0239. The van der Waals surface area contributed by atoms with Crippen molar-refractivity contribution in [3.8, 4) is 22.6 Å². The van der Waals surface area contributed by atoms with Crippen molar-refractivity contribution >= 4 is 35.6 Å². The molecule has 3 aromatic rings. The Kier molecular flexibility index (Phi) is 8.11. The predicted octanol–water partition coefficient (Wildman–Crippen LogP) is 3.53. The molecule has 2 N–H and O–H groups in total. The Morgan fingerprint density at radius 3 is 2.39 bits per heavy atom. The number of benzene rings is 1. The van der Waals surface area contributed by atoms with Crippen LogP contribution in [0.25, 0.3) is 22.2 Å². The number of nitrogens with zero attached hydrogens (tertiary/aromatic N) is 3. The molecule has 0 saturated carbocycles. The summed E-state index contributed by atoms with van der Waals surface area (Å²) < 4.78 is 38.5. The van der Waals surface area contributed by atoms with Gasteiger partial charge in [-0.3, -0.25) is 9.69 Å². The molecule has 0 unspecified atom stereocenters. The number of halogens is 2. The lowest BCUT2D eigenvalue weighted by Crippen LogP contribution is -2.61. The Balaban J connectivity index is 0.000000286. The van der Waals surface area contributed by atoms with Crippen LogP contribution < -0.4 is 20.1 Å². The molecule has 11 heteroatoms. The van der Waals surface area contributed by atoms with Gasteiger partial charge in [-0.2, -0.15) is 0 Å². The first-order valence-corrected chi connectivity index (χ1v) is 10.8. The van der Waals surface area contributed by atoms with Gasteiger partial charge in [-0.05, 0) is 38.4 Å². The molecule has 3 heterocycles. The van der Waals surface area contributed by atoms with E-state index in [1.54, 1.807) is 51.7 Å². The summed E-state index contributed by atoms with van der Waals surface area (Å²) in [5, 5.41) is 6.00. The molecule has 0 atom stereocenters. The van der Waals surface area contributed by atoms with E-state index in [9.17, 15) is 13.1 Å². The van der Waals surface area contributed by atoms with Crippen molar-refractivity contribution in [3.05, 3.63) is 36.5 Å². The van der Waals surface area contributed by atoms with E-state index in [4.69, 9.17) is 9.47 Å². The summed E-state index contributed by atoms with van der Waals surface area (Å²) in [6.07, 6.45) is 2.14. The zero-order valence-corrected chi connectivity index (χ0v) is 19.7. The van der Waals surface area contributed by atoms with Crippen molar-refractivity contribution < 1.29 is 22.5 Å². The third-order valence-corrected chi connectivity index (χ3v) is 5.63. The minimum atomic E-state index is -0.941. The molecule has 1 aliphatic heterocycles. The predicted molar refractivity (Wildman–Crippen MR) is 127 cm³/mol. The molecule has 1 fully saturated rings. The largest absolute Gasteiger partial charge is 0.496 e. The maximum atomic E-state index is 13.4. The van der Waals surface area contributed by atoms with E-state index in [0.717, 1.165) is 5.56 Å². The van der Waals surface area contributed by atoms with Gasteiger partial charge >= 0.3 is 0 Å². The number of ether oxygens (including phenoxy) is 2. The molecule has 0 aliphatic carbocycles. The maximum Gasteiger partial charge on any atom is 0.212 e. The number of aromatic nitrogens is 2. The van der Waals surface area contributed by atoms with E-state index in [-0.39, 0.29) is 12.3 Å². The molecule has 1 aliphatic rings. The highest BCUT2D eigenvalue weighted by Gasteiger charge is 2.40. The van der Waals surface area contributed by atoms with Gasteiger partial charge in [-0.15, -0.1) is 3.89 Å². The van der Waals surface area contributed by atoms with Crippen molar-refractivity contribution in [2.45, 2.75) is 5.67 Å². The van der Waals surface area contributed by atoms with Crippen LogP contribution in [0.2, 0.25) is 0 Å². The highest BCUT2D eigenvalue weighted by molar-refractivity contribution is 7.92. The number of methoxy groups -OCH3 is 2. The van der Waals surface area contributed by atoms with Crippen LogP contribution in [0.4, 0.5) is 14.1 Å². The summed E-state index contributed by atoms with van der Waals surface area (Å²) in [4.78, 5) is 16.8. The number of rotatable bonds is 8. The van der Waals surface area contributed by atoms with E-state index in [1.807, 2.05) is 18.0 Å². The molecule has 1 saturated heterocycles. The number of hydrogen-bond donors (Lipinski definition) is 2. The summed E-state index contributed by atoms with van der Waals surface area (Å²) in [5.74, 6) is 1.55. The minimum Gasteiger partial charge on any atom is -0.496 e. The summed E-state index contributed by atoms with van der Waals surface area (Å²) in [7, 11) is 6.82. The average molecular weight is 480 g/mol. The molecule has 2 aromatic heterocycles. The molecule has 0 radical (unpaired) electrons. The summed E-state index contributed by atoms with van der Waals surface area (Å²) in [5.41, 5.74) is 0.869. The van der Waals surface area contributed by atoms with Gasteiger partial charge in [0.2, 0.25) is 6.41 Å². The molecule has 33 heavy (non-hydrogen) atoms. The Morgan fingerprint density at radius 2 is 1.88 bits per heavy atom. The average Bonchev–Trinajstić information content (AvgIpc) is 3.16. The van der Waals surface area contributed by atoms with Crippen LogP contribution in [-0.4, -0.2) is 73.9 Å². The van der Waals surface area contributed by atoms with Gasteiger partial charge in [0.15, 0.2) is 18.0 Å². The zero-order valence-electron chi connectivity index (χ0n) is 18.9. The van der Waals surface area contributed by atoms with Crippen LogP contribution in [0.1, 0.15) is 0 Å². The van der Waals surface area contributed by atoms with Crippen molar-refractivity contribution in [1.82, 2.24) is 19.2 Å². The van der Waals surface area contributed by atoms with Gasteiger partial charge in [-0.1, -0.05) is 6.07 Å². The van der Waals surface area contributed by atoms with Crippen molar-refractivity contribution in [3.63, 3.8) is 0 Å². The number of carbonyl (C=O) groups excluding carboxylic acids is 1. The summed E-state index contributed by atoms with van der Waals surface area (Å²) in [6, 6.07) is 8.84. The van der Waals surface area contributed by atoms with E-state index in [1.165, 1.54) is 3.97 Å². The van der Waals surface area contributed by atoms with Crippen LogP contribution in [-0.2, 0) is 4.79 Å². The smallest absolute Gasteiger partial charge is 0.212 e. The SMILES string of the molecule is CNCC1(F)CN(C)C1.COc1cccc(OC)c1-c1cn(SF)c2nc(NC=O)ccc12. The molecule has 178 valence electrons. The second-order valence-electron chi connectivity index (χ2n) is 7.66. The van der Waals surface area contributed by atoms with Crippen molar-refractivity contribution in [1.29, 1.82) is 0 Å². The van der Waals surface area contributed by atoms with E-state index < -0.39 is 5.67 Å². The van der Waals surface area contributed by atoms with E-state index in [2.05, 4.69) is 15.6 Å². The van der Waals surface area contributed by atoms with Gasteiger partial charge in [0, 0.05) is 36.8 Å². The van der Waals surface area contributed by atoms with Gasteiger partial charge in [0.05, 0.1) is 19.8 Å². The Bertz CT molecular complexity index is 1080. The number of amides is 1. The number of hydrogen-bond acceptors (Lipinski definition) is 7. The first-order valence-electron chi connectivity index (χ1n) is 10.1. The third kappa shape index (κ3) is 5.37. The monoisotopic (exact) mass is 479 g/mol. The summed E-state index contributed by atoms with van der Waals surface area (Å²) in [6.45, 7) is 1.64. The van der Waals surface area contributed by atoms with Crippen LogP contribution in [0.5, 0.6) is 11.5 Å². The molecule has 8 nitrogen and oxygen atoms in total. The lowest BCUT2D eigenvalue weighted by Gasteiger charge is -2.42. The normalized spacial score (nSPS) is 14.7. The second kappa shape index (κ2) is 10.8. The number of likely N-dealkylation sites (tertiary alicyclic amines) is 1. The number of fused-ring (bicyclic) bond motifs is 1. The van der Waals surface area contributed by atoms with Gasteiger partial charge in [0.25, 0.3) is 0 Å². The standard InChI is InChI=1S/C16H14FN3O3S.C6H13FN2/c1-22-12-4-3-5-13(23-2)15(12)11-8-20(24-17)16-10(11)6-7-14(19-16)18-9-21;1-8-3-6(7)4-9(2)5-6/h3-9H,1-2H3,(H,18,19,21);8H,3-5H2,1-2H3. The van der Waals surface area contributed by atoms with Gasteiger partial charge in [0.1, 0.15) is 23.0 Å². The number of nitrogens with one attached hydrogen (secondary N) is 2. The molecule has 0 spiro atoms. The second-order valence-corrected chi connectivity index (χ2v) is 8.19. The van der Waals surface area contributed by atoms with Crippen molar-refractivity contribution in [2.24, 2.45) is 0 Å². The molecule has 1 amide bonds. The van der Waals surface area contributed by atoms with Gasteiger partial charge < -0.3 is 20.1 Å². The fraction of sp³-hybridized carbons (Fsp3) is 0.364. The number of pyridine rings is 1. The lowest BCUT2D eigenvalue weighted by molar-refractivity contribution is -0.105. The lowest BCUT2D eigenvalue weighted by atomic mass is 9.97. The molecule has 4 rings (SSSR count). The highest BCUT2D eigenvalue weighted by Crippen LogP contribution is 2.43. The maximum absolute atomic E-state index is 13.4. The summed E-state index contributed by atoms with van der Waals surface area (Å²) >= 11 is 0.0239. The first-order chi connectivity index (χ1) is 15.9. The highest BCUT2D eigenvalue weighted by atomic mass is 32.2. The fourth-order valence-electron chi connectivity index (χ4n) is 3.93. The zero-order chi connectivity index (χ0) is 24.0. The van der Waals surface area contributed by atoms with Crippen LogP contribution in [0.15, 0.2) is 36.5 Å². The quantitative estimate of drug-likeness (QED) is 0.479. The molecular weight excluding hydrogens is 452 g/mol. The number of anilines is 1. The Hall–Kier alpha value is -2.89. The van der Waals surface area contributed by atoms with Crippen LogP contribution >= 0.6 is 12.3 Å². The van der Waals surface area contributed by atoms with Crippen LogP contribution in [0.3, 0.4) is 0 Å². The topological polar surface area (TPSA) is 80.7 Å². The van der Waals surface area contributed by atoms with Crippen LogP contribution in [0, 0.1) is 0 Å². The Labute approximate surface area is 195 Å². The number of alkyl halides is 1. The molecule has 0 bridgehead atoms.